The first kappa shape index (κ1) is 23.9. The minimum absolute atomic E-state index is 0.0310. The third-order valence-electron chi connectivity index (χ3n) is 7.88. The van der Waals surface area contributed by atoms with Gasteiger partial charge in [0.2, 0.25) is 11.8 Å². The summed E-state index contributed by atoms with van der Waals surface area (Å²) in [5, 5.41) is 7.36. The molecule has 2 N–H and O–H groups in total. The third-order valence-corrected chi connectivity index (χ3v) is 8.27. The monoisotopic (exact) mass is 499 g/mol. The molecule has 3 fully saturated rings. The number of hydrogen-bond acceptors (Lipinski definition) is 6. The van der Waals surface area contributed by atoms with E-state index in [1.165, 1.54) is 12.7 Å². The first-order valence-electron chi connectivity index (χ1n) is 12.0. The number of ketones is 1. The Hall–Kier alpha value is -2.78. The van der Waals surface area contributed by atoms with Gasteiger partial charge in [0.05, 0.1) is 17.0 Å². The normalized spacial score (nSPS) is 27.1. The van der Waals surface area contributed by atoms with Crippen molar-refractivity contribution >= 4 is 29.2 Å². The summed E-state index contributed by atoms with van der Waals surface area (Å²) in [6.07, 6.45) is 6.09. The fourth-order valence-electron chi connectivity index (χ4n) is 5.96. The number of ether oxygens (including phenoxy) is 1. The Morgan fingerprint density at radius 2 is 1.89 bits per heavy atom. The van der Waals surface area contributed by atoms with Crippen molar-refractivity contribution in [2.24, 2.45) is 17.1 Å². The van der Waals surface area contributed by atoms with Gasteiger partial charge in [0, 0.05) is 17.7 Å². The number of aromatic nitrogens is 3. The van der Waals surface area contributed by atoms with E-state index >= 15 is 0 Å². The molecule has 186 valence electrons. The predicted molar refractivity (Wildman–Crippen MR) is 128 cm³/mol. The number of nitrogens with zero attached hydrogens (tertiary/aromatic N) is 4. The van der Waals surface area contributed by atoms with E-state index in [0.717, 1.165) is 25.7 Å². The van der Waals surface area contributed by atoms with Crippen molar-refractivity contribution in [1.82, 2.24) is 19.7 Å². The zero-order valence-corrected chi connectivity index (χ0v) is 20.6. The van der Waals surface area contributed by atoms with Gasteiger partial charge in [-0.3, -0.25) is 19.0 Å². The molecule has 35 heavy (non-hydrogen) atoms. The molecule has 2 amide bonds. The lowest BCUT2D eigenvalue weighted by Crippen LogP contribution is -2.46. The van der Waals surface area contributed by atoms with Gasteiger partial charge >= 0.3 is 0 Å². The van der Waals surface area contributed by atoms with Crippen molar-refractivity contribution in [3.05, 3.63) is 42.0 Å². The number of fused-ring (bicyclic) bond motifs is 1. The van der Waals surface area contributed by atoms with Gasteiger partial charge in [0.15, 0.2) is 5.78 Å². The number of amides is 2. The number of halogens is 1. The summed E-state index contributed by atoms with van der Waals surface area (Å²) >= 11 is 6.52. The van der Waals surface area contributed by atoms with Crippen LogP contribution >= 0.6 is 11.6 Å². The number of benzene rings is 1. The van der Waals surface area contributed by atoms with Crippen LogP contribution < -0.4 is 5.73 Å². The molecule has 9 nitrogen and oxygen atoms in total. The van der Waals surface area contributed by atoms with Crippen LogP contribution in [-0.4, -0.2) is 67.9 Å². The Balaban J connectivity index is 1.64. The van der Waals surface area contributed by atoms with Gasteiger partial charge in [-0.2, -0.15) is 0 Å². The van der Waals surface area contributed by atoms with E-state index < -0.39 is 29.3 Å². The summed E-state index contributed by atoms with van der Waals surface area (Å²) in [6.45, 7) is 4.64. The molecule has 1 aliphatic carbocycles. The van der Waals surface area contributed by atoms with E-state index in [9.17, 15) is 14.4 Å². The van der Waals surface area contributed by atoms with Crippen molar-refractivity contribution < 1.29 is 19.1 Å². The number of rotatable bonds is 5. The van der Waals surface area contributed by atoms with Gasteiger partial charge in [-0.05, 0) is 49.1 Å². The molecule has 2 aliphatic heterocycles. The first-order chi connectivity index (χ1) is 16.7. The minimum atomic E-state index is -0.702. The highest BCUT2D eigenvalue weighted by Crippen LogP contribution is 2.47. The molecule has 1 aromatic carbocycles. The zero-order chi connectivity index (χ0) is 24.9. The second-order valence-electron chi connectivity index (χ2n) is 10.6. The second-order valence-corrected chi connectivity index (χ2v) is 11.2. The van der Waals surface area contributed by atoms with Crippen LogP contribution in [0.15, 0.2) is 30.9 Å². The molecule has 3 heterocycles. The molecule has 1 aromatic heterocycles. The maximum atomic E-state index is 14.4. The largest absolute Gasteiger partial charge is 0.366 e. The highest BCUT2D eigenvalue weighted by atomic mass is 35.5. The van der Waals surface area contributed by atoms with Crippen LogP contribution in [0.4, 0.5) is 0 Å². The molecule has 1 saturated carbocycles. The van der Waals surface area contributed by atoms with Gasteiger partial charge in [0.25, 0.3) is 0 Å². The van der Waals surface area contributed by atoms with Crippen LogP contribution in [0.1, 0.15) is 61.4 Å². The standard InChI is InChI=1S/C25H30ClN5O4/c1-25(2)8-6-14(7-9-25)19(24(34)31-10-16(26)22-21(31)18(32)11-35-22)20-15(23(27)33)4-3-5-17(20)30-12-28-29-13-30/h3-5,12-14,16,19,21-22H,6-11H2,1-2H3,(H2,27,33)/t16-,19-,21+,22+/m0/s1. The molecule has 0 radical (unpaired) electrons. The number of carbonyl (C=O) groups excluding carboxylic acids is 3. The second kappa shape index (κ2) is 9.02. The van der Waals surface area contributed by atoms with Crippen LogP contribution in [0.5, 0.6) is 0 Å². The van der Waals surface area contributed by atoms with Crippen molar-refractivity contribution in [2.75, 3.05) is 13.2 Å². The number of likely N-dealkylation sites (tertiary alicyclic amines) is 1. The maximum Gasteiger partial charge on any atom is 0.249 e. The Labute approximate surface area is 209 Å². The number of carbonyl (C=O) groups is 3. The molecular formula is C25H30ClN5O4. The van der Waals surface area contributed by atoms with Crippen LogP contribution in [0.2, 0.25) is 0 Å². The van der Waals surface area contributed by atoms with Crippen molar-refractivity contribution in [3.8, 4) is 5.69 Å². The van der Waals surface area contributed by atoms with E-state index in [2.05, 4.69) is 24.0 Å². The maximum absolute atomic E-state index is 14.4. The lowest BCUT2D eigenvalue weighted by atomic mass is 9.67. The molecule has 4 atom stereocenters. The Morgan fingerprint density at radius 3 is 2.54 bits per heavy atom. The van der Waals surface area contributed by atoms with Crippen molar-refractivity contribution in [1.29, 1.82) is 0 Å². The summed E-state index contributed by atoms with van der Waals surface area (Å²) in [5.74, 6) is -1.68. The molecular weight excluding hydrogens is 470 g/mol. The van der Waals surface area contributed by atoms with Crippen LogP contribution in [-0.2, 0) is 14.3 Å². The summed E-state index contributed by atoms with van der Waals surface area (Å²) in [5.41, 5.74) is 7.47. The highest BCUT2D eigenvalue weighted by molar-refractivity contribution is 6.22. The SMILES string of the molecule is CC1(C)CCC([C@H](C(=O)N2C[C@H](Cl)[C@H]3OCC(=O)[C@H]32)c2c(C(N)=O)cccc2-n2cnnc2)CC1. The van der Waals surface area contributed by atoms with E-state index in [4.69, 9.17) is 22.1 Å². The van der Waals surface area contributed by atoms with E-state index in [1.807, 2.05) is 6.07 Å². The topological polar surface area (TPSA) is 120 Å². The highest BCUT2D eigenvalue weighted by Gasteiger charge is 2.54. The Kier molecular flexibility index (Phi) is 6.17. The van der Waals surface area contributed by atoms with Gasteiger partial charge in [-0.25, -0.2) is 0 Å². The predicted octanol–water partition coefficient (Wildman–Crippen LogP) is 2.45. The molecule has 0 spiro atoms. The molecule has 10 heteroatoms. The number of Topliss-reactive ketones (excluding diaryl/α,β-unsaturated/α-hetero) is 1. The first-order valence-corrected chi connectivity index (χ1v) is 12.5. The fourth-order valence-corrected chi connectivity index (χ4v) is 6.32. The fraction of sp³-hybridized carbons (Fsp3) is 0.560. The quantitative estimate of drug-likeness (QED) is 0.631. The Morgan fingerprint density at radius 1 is 1.20 bits per heavy atom. The average molecular weight is 500 g/mol. The molecule has 2 saturated heterocycles. The van der Waals surface area contributed by atoms with Crippen molar-refractivity contribution in [3.63, 3.8) is 0 Å². The molecule has 3 aliphatic rings. The number of nitrogens with two attached hydrogens (primary N) is 1. The molecule has 0 unspecified atom stereocenters. The smallest absolute Gasteiger partial charge is 0.249 e. The van der Waals surface area contributed by atoms with Crippen molar-refractivity contribution in [2.45, 2.75) is 63.0 Å². The van der Waals surface area contributed by atoms with Gasteiger partial charge in [-0.15, -0.1) is 21.8 Å². The van der Waals surface area contributed by atoms with Gasteiger partial charge in [0.1, 0.15) is 31.4 Å². The van der Waals surface area contributed by atoms with E-state index in [-0.39, 0.29) is 41.7 Å². The number of alkyl halides is 1. The summed E-state index contributed by atoms with van der Waals surface area (Å²) in [7, 11) is 0. The minimum Gasteiger partial charge on any atom is -0.366 e. The molecule has 2 aromatic rings. The third kappa shape index (κ3) is 4.25. The lowest BCUT2D eigenvalue weighted by Gasteiger charge is -2.40. The summed E-state index contributed by atoms with van der Waals surface area (Å²) < 4.78 is 7.30. The molecule has 5 rings (SSSR count). The number of primary amides is 1. The van der Waals surface area contributed by atoms with Gasteiger partial charge < -0.3 is 15.4 Å². The van der Waals surface area contributed by atoms with Crippen LogP contribution in [0, 0.1) is 11.3 Å². The number of hydrogen-bond donors (Lipinski definition) is 1. The molecule has 0 bridgehead atoms. The van der Waals surface area contributed by atoms with Crippen LogP contribution in [0.3, 0.4) is 0 Å². The van der Waals surface area contributed by atoms with Crippen LogP contribution in [0.25, 0.3) is 5.69 Å². The summed E-state index contributed by atoms with van der Waals surface area (Å²) in [4.78, 5) is 41.3. The lowest BCUT2D eigenvalue weighted by molar-refractivity contribution is -0.139. The average Bonchev–Trinajstić information content (AvgIpc) is 3.55. The Bertz CT molecular complexity index is 1140. The van der Waals surface area contributed by atoms with Gasteiger partial charge in [-0.1, -0.05) is 19.9 Å². The zero-order valence-electron chi connectivity index (χ0n) is 19.9. The van der Waals surface area contributed by atoms with E-state index in [0.29, 0.717) is 11.3 Å². The summed E-state index contributed by atoms with van der Waals surface area (Å²) in [6, 6.07) is 4.52. The van der Waals surface area contributed by atoms with E-state index in [1.54, 1.807) is 21.6 Å².